The summed E-state index contributed by atoms with van der Waals surface area (Å²) < 4.78 is 37.7. The fourth-order valence-corrected chi connectivity index (χ4v) is 5.66. The molecule has 2 aromatic rings. The van der Waals surface area contributed by atoms with E-state index >= 15 is 0 Å². The second-order valence-electron chi connectivity index (χ2n) is 8.43. The first kappa shape index (κ1) is 26.4. The Bertz CT molecular complexity index is 1160. The van der Waals surface area contributed by atoms with Crippen LogP contribution >= 0.6 is 0 Å². The number of piperidine rings is 1. The quantitative estimate of drug-likeness (QED) is 0.510. The van der Waals surface area contributed by atoms with Gasteiger partial charge in [-0.25, -0.2) is 13.2 Å². The van der Waals surface area contributed by atoms with Gasteiger partial charge in [0.25, 0.3) is 5.91 Å². The maximum Gasteiger partial charge on any atom is 0.339 e. The molecule has 0 radical (unpaired) electrons. The standard InChI is InChI=1S/C25H30N2O7S/c1-18(23(28)26(2)17-19-9-5-4-6-10-19)34-24(29)20-13-15-27(16-14-20)35(31,32)22-12-8-7-11-21(22)25(30)33-3/h4-12,18,20H,13-17H2,1-3H3. The zero-order valence-electron chi connectivity index (χ0n) is 20.0. The van der Waals surface area contributed by atoms with Crippen molar-refractivity contribution >= 4 is 27.9 Å². The van der Waals surface area contributed by atoms with E-state index in [2.05, 4.69) is 0 Å². The average molecular weight is 503 g/mol. The first-order chi connectivity index (χ1) is 16.6. The molecule has 1 amide bonds. The number of hydrogen-bond acceptors (Lipinski definition) is 7. The van der Waals surface area contributed by atoms with Gasteiger partial charge in [0.2, 0.25) is 10.0 Å². The van der Waals surface area contributed by atoms with Crippen LogP contribution in [0.15, 0.2) is 59.5 Å². The third-order valence-electron chi connectivity index (χ3n) is 5.98. The molecule has 1 fully saturated rings. The smallest absolute Gasteiger partial charge is 0.339 e. The lowest BCUT2D eigenvalue weighted by atomic mass is 9.98. The number of likely N-dealkylation sites (N-methyl/N-ethyl adjacent to an activating group) is 1. The summed E-state index contributed by atoms with van der Waals surface area (Å²) in [5, 5.41) is 0. The third-order valence-corrected chi connectivity index (χ3v) is 7.93. The first-order valence-electron chi connectivity index (χ1n) is 11.3. The fourth-order valence-electron chi connectivity index (χ4n) is 4.01. The molecule has 1 saturated heterocycles. The number of rotatable bonds is 8. The Morgan fingerprint density at radius 2 is 1.63 bits per heavy atom. The largest absolute Gasteiger partial charge is 0.465 e. The summed E-state index contributed by atoms with van der Waals surface area (Å²) in [5.74, 6) is -2.10. The number of ether oxygens (including phenoxy) is 2. The van der Waals surface area contributed by atoms with Crippen molar-refractivity contribution in [1.82, 2.24) is 9.21 Å². The highest BCUT2D eigenvalue weighted by Crippen LogP contribution is 2.27. The van der Waals surface area contributed by atoms with Gasteiger partial charge in [-0.1, -0.05) is 42.5 Å². The summed E-state index contributed by atoms with van der Waals surface area (Å²) in [6.07, 6.45) is -0.455. The van der Waals surface area contributed by atoms with E-state index in [9.17, 15) is 22.8 Å². The van der Waals surface area contributed by atoms with E-state index in [1.165, 1.54) is 41.4 Å². The highest BCUT2D eigenvalue weighted by molar-refractivity contribution is 7.89. The second-order valence-corrected chi connectivity index (χ2v) is 10.3. The van der Waals surface area contributed by atoms with Crippen LogP contribution in [0.4, 0.5) is 0 Å². The van der Waals surface area contributed by atoms with Crippen LogP contribution in [0.1, 0.15) is 35.7 Å². The predicted molar refractivity (Wildman–Crippen MR) is 128 cm³/mol. The van der Waals surface area contributed by atoms with E-state index in [0.29, 0.717) is 6.54 Å². The summed E-state index contributed by atoms with van der Waals surface area (Å²) in [7, 11) is -1.12. The number of amides is 1. The van der Waals surface area contributed by atoms with Gasteiger partial charge in [0.15, 0.2) is 6.10 Å². The van der Waals surface area contributed by atoms with Gasteiger partial charge in [-0.15, -0.1) is 0 Å². The van der Waals surface area contributed by atoms with Gasteiger partial charge in [0.05, 0.1) is 23.5 Å². The van der Waals surface area contributed by atoms with Crippen LogP contribution in [0.25, 0.3) is 0 Å². The number of nitrogens with zero attached hydrogens (tertiary/aromatic N) is 2. The van der Waals surface area contributed by atoms with Crippen LogP contribution in [0.5, 0.6) is 0 Å². The number of sulfonamides is 1. The van der Waals surface area contributed by atoms with Gasteiger partial charge >= 0.3 is 11.9 Å². The van der Waals surface area contributed by atoms with Crippen molar-refractivity contribution in [2.45, 2.75) is 37.3 Å². The van der Waals surface area contributed by atoms with Crippen molar-refractivity contribution in [1.29, 1.82) is 0 Å². The zero-order chi connectivity index (χ0) is 25.6. The van der Waals surface area contributed by atoms with E-state index in [4.69, 9.17) is 9.47 Å². The van der Waals surface area contributed by atoms with Crippen LogP contribution in [-0.2, 0) is 35.6 Å². The highest BCUT2D eigenvalue weighted by Gasteiger charge is 2.35. The molecule has 0 spiro atoms. The lowest BCUT2D eigenvalue weighted by molar-refractivity contribution is -0.163. The molecule has 0 N–H and O–H groups in total. The van der Waals surface area contributed by atoms with Gasteiger partial charge in [-0.3, -0.25) is 9.59 Å². The number of carbonyl (C=O) groups is 3. The molecule has 2 aromatic carbocycles. The molecule has 1 unspecified atom stereocenters. The van der Waals surface area contributed by atoms with E-state index < -0.39 is 34.0 Å². The minimum absolute atomic E-state index is 0.0384. The van der Waals surface area contributed by atoms with Gasteiger partial charge in [0.1, 0.15) is 0 Å². The molecule has 0 aliphatic carbocycles. The molecular weight excluding hydrogens is 472 g/mol. The number of benzene rings is 2. The fraction of sp³-hybridized carbons (Fsp3) is 0.400. The lowest BCUT2D eigenvalue weighted by Crippen LogP contribution is -2.43. The molecule has 0 bridgehead atoms. The van der Waals surface area contributed by atoms with Crippen molar-refractivity contribution in [2.24, 2.45) is 5.92 Å². The summed E-state index contributed by atoms with van der Waals surface area (Å²) in [6.45, 7) is 2.11. The normalized spacial score (nSPS) is 15.7. The second kappa shape index (κ2) is 11.5. The number of carbonyl (C=O) groups excluding carboxylic acids is 3. The van der Waals surface area contributed by atoms with Crippen molar-refractivity contribution in [3.8, 4) is 0 Å². The molecule has 0 aromatic heterocycles. The van der Waals surface area contributed by atoms with Crippen LogP contribution in [0.3, 0.4) is 0 Å². The Balaban J connectivity index is 1.57. The zero-order valence-corrected chi connectivity index (χ0v) is 20.9. The SMILES string of the molecule is COC(=O)c1ccccc1S(=O)(=O)N1CCC(C(=O)OC(C)C(=O)N(C)Cc2ccccc2)CC1. The van der Waals surface area contributed by atoms with Gasteiger partial charge in [0, 0.05) is 26.7 Å². The Labute approximate surface area is 205 Å². The topological polar surface area (TPSA) is 110 Å². The van der Waals surface area contributed by atoms with Crippen molar-refractivity contribution in [2.75, 3.05) is 27.2 Å². The molecule has 1 heterocycles. The molecule has 10 heteroatoms. The third kappa shape index (κ3) is 6.26. The Kier molecular flexibility index (Phi) is 8.63. The van der Waals surface area contributed by atoms with E-state index in [1.807, 2.05) is 30.3 Å². The molecule has 3 rings (SSSR count). The maximum atomic E-state index is 13.1. The minimum Gasteiger partial charge on any atom is -0.465 e. The predicted octanol–water partition coefficient (Wildman–Crippen LogP) is 2.46. The summed E-state index contributed by atoms with van der Waals surface area (Å²) in [6, 6.07) is 15.3. The average Bonchev–Trinajstić information content (AvgIpc) is 2.88. The summed E-state index contributed by atoms with van der Waals surface area (Å²) in [5.41, 5.74) is 0.924. The first-order valence-corrected chi connectivity index (χ1v) is 12.8. The highest BCUT2D eigenvalue weighted by atomic mass is 32.2. The van der Waals surface area contributed by atoms with Crippen molar-refractivity contribution < 1.29 is 32.3 Å². The summed E-state index contributed by atoms with van der Waals surface area (Å²) >= 11 is 0. The van der Waals surface area contributed by atoms with Crippen molar-refractivity contribution in [3.05, 3.63) is 65.7 Å². The molecule has 1 aliphatic heterocycles. The van der Waals surface area contributed by atoms with Gasteiger partial charge in [-0.05, 0) is 37.5 Å². The minimum atomic E-state index is -3.95. The van der Waals surface area contributed by atoms with E-state index in [1.54, 1.807) is 13.1 Å². The van der Waals surface area contributed by atoms with Crippen LogP contribution in [0, 0.1) is 5.92 Å². The van der Waals surface area contributed by atoms with Gasteiger partial charge in [-0.2, -0.15) is 4.31 Å². The Hall–Kier alpha value is -3.24. The van der Waals surface area contributed by atoms with Crippen LogP contribution in [-0.4, -0.2) is 68.8 Å². The monoisotopic (exact) mass is 502 g/mol. The number of methoxy groups -OCH3 is 1. The molecule has 188 valence electrons. The van der Waals surface area contributed by atoms with E-state index in [-0.39, 0.29) is 42.3 Å². The van der Waals surface area contributed by atoms with Crippen LogP contribution < -0.4 is 0 Å². The Morgan fingerprint density at radius 1 is 1.03 bits per heavy atom. The molecular formula is C25H30N2O7S. The Morgan fingerprint density at radius 3 is 2.26 bits per heavy atom. The van der Waals surface area contributed by atoms with Crippen LogP contribution in [0.2, 0.25) is 0 Å². The lowest BCUT2D eigenvalue weighted by Gasteiger charge is -2.31. The molecule has 0 saturated carbocycles. The molecule has 1 aliphatic rings. The maximum absolute atomic E-state index is 13.1. The van der Waals surface area contributed by atoms with E-state index in [0.717, 1.165) is 5.56 Å². The number of esters is 2. The van der Waals surface area contributed by atoms with Gasteiger partial charge < -0.3 is 14.4 Å². The molecule has 9 nitrogen and oxygen atoms in total. The molecule has 35 heavy (non-hydrogen) atoms. The number of hydrogen-bond donors (Lipinski definition) is 0. The summed E-state index contributed by atoms with van der Waals surface area (Å²) in [4.78, 5) is 38.7. The van der Waals surface area contributed by atoms with Crippen molar-refractivity contribution in [3.63, 3.8) is 0 Å². The molecule has 1 atom stereocenters.